The molecule has 0 aliphatic carbocycles. The third kappa shape index (κ3) is 4.96. The van der Waals surface area contributed by atoms with Crippen molar-refractivity contribution < 1.29 is 14.3 Å². The number of nitrogens with one attached hydrogen (secondary N) is 1. The highest BCUT2D eigenvalue weighted by Crippen LogP contribution is 2.27. The fourth-order valence-corrected chi connectivity index (χ4v) is 3.74. The van der Waals surface area contributed by atoms with Crippen molar-refractivity contribution in [3.8, 4) is 16.9 Å². The Hall–Kier alpha value is -3.91. The molecule has 0 radical (unpaired) electrons. The van der Waals surface area contributed by atoms with Crippen molar-refractivity contribution in [1.82, 2.24) is 14.1 Å². The van der Waals surface area contributed by atoms with Crippen LogP contribution in [0.4, 0.5) is 5.69 Å². The summed E-state index contributed by atoms with van der Waals surface area (Å²) in [5, 5.41) is 2.87. The van der Waals surface area contributed by atoms with Gasteiger partial charge >= 0.3 is 0 Å². The zero-order valence-electron chi connectivity index (χ0n) is 18.7. The summed E-state index contributed by atoms with van der Waals surface area (Å²) < 4.78 is 13.5. The van der Waals surface area contributed by atoms with Crippen molar-refractivity contribution in [1.29, 1.82) is 0 Å². The van der Waals surface area contributed by atoms with Crippen LogP contribution in [0.5, 0.6) is 5.75 Å². The van der Waals surface area contributed by atoms with E-state index >= 15 is 0 Å². The van der Waals surface area contributed by atoms with E-state index in [2.05, 4.69) is 10.3 Å². The number of carbonyl (C=O) groups is 1. The summed E-state index contributed by atoms with van der Waals surface area (Å²) in [6.07, 6.45) is 4.07. The summed E-state index contributed by atoms with van der Waals surface area (Å²) in [5.74, 6) is 0.461. The molecule has 0 saturated carbocycles. The molecule has 0 unspecified atom stereocenters. The van der Waals surface area contributed by atoms with Crippen LogP contribution in [0.2, 0.25) is 0 Å². The summed E-state index contributed by atoms with van der Waals surface area (Å²) in [6, 6.07) is 16.8. The average molecular weight is 447 g/mol. The maximum atomic E-state index is 13.3. The number of rotatable bonds is 9. The molecule has 0 spiro atoms. The molecule has 1 N–H and O–H groups in total. The molecule has 8 heteroatoms. The zero-order chi connectivity index (χ0) is 23.2. The maximum Gasteiger partial charge on any atom is 0.277 e. The van der Waals surface area contributed by atoms with Gasteiger partial charge in [-0.3, -0.25) is 14.2 Å². The lowest BCUT2D eigenvalue weighted by atomic mass is 10.1. The molecule has 0 aliphatic heterocycles. The van der Waals surface area contributed by atoms with E-state index in [0.29, 0.717) is 42.0 Å². The number of methoxy groups -OCH3 is 2. The molecule has 2 heterocycles. The molecule has 2 aromatic carbocycles. The number of ether oxygens (including phenoxy) is 2. The number of hydrogen-bond donors (Lipinski definition) is 1. The number of aryl methyl sites for hydroxylation is 1. The van der Waals surface area contributed by atoms with E-state index in [1.807, 2.05) is 36.5 Å². The van der Waals surface area contributed by atoms with Crippen LogP contribution < -0.4 is 15.6 Å². The summed E-state index contributed by atoms with van der Waals surface area (Å²) in [5.41, 5.74) is 3.18. The van der Waals surface area contributed by atoms with Gasteiger partial charge in [0.15, 0.2) is 0 Å². The molecule has 4 aromatic rings. The summed E-state index contributed by atoms with van der Waals surface area (Å²) >= 11 is 0. The van der Waals surface area contributed by atoms with Crippen LogP contribution in [0.3, 0.4) is 0 Å². The lowest BCUT2D eigenvalue weighted by molar-refractivity contribution is -0.116. The van der Waals surface area contributed by atoms with E-state index in [-0.39, 0.29) is 18.0 Å². The number of amides is 1. The number of benzene rings is 2. The largest absolute Gasteiger partial charge is 0.497 e. The molecule has 0 aliphatic rings. The Kier molecular flexibility index (Phi) is 6.85. The van der Waals surface area contributed by atoms with Gasteiger partial charge in [-0.05, 0) is 36.2 Å². The Morgan fingerprint density at radius 2 is 1.79 bits per heavy atom. The van der Waals surface area contributed by atoms with E-state index < -0.39 is 0 Å². The number of carbonyl (C=O) groups excluding carboxylic acids is 1. The fraction of sp³-hybridized carbons (Fsp3) is 0.240. The van der Waals surface area contributed by atoms with Gasteiger partial charge in [0.1, 0.15) is 23.3 Å². The normalized spacial score (nSPS) is 11.0. The SMILES string of the molecule is COCCCn1cnc2c(-c3ccccc3)cn(CC(=O)Nc3ccc(OC)cc3)c2c1=O. The Bertz CT molecular complexity index is 1290. The van der Waals surface area contributed by atoms with Gasteiger partial charge in [-0.1, -0.05) is 30.3 Å². The van der Waals surface area contributed by atoms with Gasteiger partial charge in [0.25, 0.3) is 5.56 Å². The molecule has 0 bridgehead atoms. The van der Waals surface area contributed by atoms with Gasteiger partial charge in [0, 0.05) is 37.7 Å². The highest BCUT2D eigenvalue weighted by Gasteiger charge is 2.18. The third-order valence-corrected chi connectivity index (χ3v) is 5.36. The van der Waals surface area contributed by atoms with Gasteiger partial charge in [-0.2, -0.15) is 0 Å². The molecule has 170 valence electrons. The molecular weight excluding hydrogens is 420 g/mol. The predicted octanol–water partition coefficient (Wildman–Crippen LogP) is 3.55. The maximum absolute atomic E-state index is 13.3. The Morgan fingerprint density at radius 3 is 2.48 bits per heavy atom. The van der Waals surface area contributed by atoms with Gasteiger partial charge in [0.2, 0.25) is 5.91 Å². The van der Waals surface area contributed by atoms with E-state index in [9.17, 15) is 9.59 Å². The standard InChI is InChI=1S/C25H26N4O4/c1-32-14-6-13-28-17-26-23-21(18-7-4-3-5-8-18)15-29(24(23)25(28)31)16-22(30)27-19-9-11-20(33-2)12-10-19/h3-5,7-12,15,17H,6,13-14,16H2,1-2H3,(H,27,30). The smallest absolute Gasteiger partial charge is 0.277 e. The molecule has 1 amide bonds. The quantitative estimate of drug-likeness (QED) is 0.397. The lowest BCUT2D eigenvalue weighted by Gasteiger charge is -2.09. The van der Waals surface area contributed by atoms with E-state index in [1.165, 1.54) is 0 Å². The molecule has 8 nitrogen and oxygen atoms in total. The number of fused-ring (bicyclic) bond motifs is 1. The molecular formula is C25H26N4O4. The minimum absolute atomic E-state index is 0.0195. The van der Waals surface area contributed by atoms with Crippen LogP contribution in [0.15, 0.2) is 71.9 Å². The molecule has 0 fully saturated rings. The van der Waals surface area contributed by atoms with Crippen LogP contribution in [-0.2, 0) is 22.6 Å². The van der Waals surface area contributed by atoms with Crippen LogP contribution in [0, 0.1) is 0 Å². The lowest BCUT2D eigenvalue weighted by Crippen LogP contribution is -2.25. The molecule has 2 aromatic heterocycles. The second-order valence-corrected chi connectivity index (χ2v) is 7.60. The first kappa shape index (κ1) is 22.3. The zero-order valence-corrected chi connectivity index (χ0v) is 18.7. The first-order valence-electron chi connectivity index (χ1n) is 10.7. The van der Waals surface area contributed by atoms with Gasteiger partial charge in [-0.15, -0.1) is 0 Å². The predicted molar refractivity (Wildman–Crippen MR) is 128 cm³/mol. The minimum atomic E-state index is -0.245. The first-order chi connectivity index (χ1) is 16.1. The number of hydrogen-bond acceptors (Lipinski definition) is 5. The van der Waals surface area contributed by atoms with Crippen molar-refractivity contribution in [3.05, 3.63) is 77.5 Å². The second-order valence-electron chi connectivity index (χ2n) is 7.60. The van der Waals surface area contributed by atoms with Crippen LogP contribution in [0.1, 0.15) is 6.42 Å². The molecule has 33 heavy (non-hydrogen) atoms. The van der Waals surface area contributed by atoms with Gasteiger partial charge < -0.3 is 19.4 Å². The summed E-state index contributed by atoms with van der Waals surface area (Å²) in [4.78, 5) is 30.7. The van der Waals surface area contributed by atoms with Crippen molar-refractivity contribution in [2.75, 3.05) is 26.1 Å². The van der Waals surface area contributed by atoms with E-state index in [1.54, 1.807) is 53.9 Å². The number of nitrogens with zero attached hydrogens (tertiary/aromatic N) is 3. The topological polar surface area (TPSA) is 87.4 Å². The molecule has 4 rings (SSSR count). The molecule has 0 saturated heterocycles. The van der Waals surface area contributed by atoms with Crippen LogP contribution >= 0.6 is 0 Å². The fourth-order valence-electron chi connectivity index (χ4n) is 3.74. The highest BCUT2D eigenvalue weighted by molar-refractivity contribution is 5.95. The van der Waals surface area contributed by atoms with Crippen molar-refractivity contribution in [2.24, 2.45) is 0 Å². The van der Waals surface area contributed by atoms with E-state index in [4.69, 9.17) is 9.47 Å². The van der Waals surface area contributed by atoms with Gasteiger partial charge in [-0.25, -0.2) is 4.98 Å². The van der Waals surface area contributed by atoms with E-state index in [0.717, 1.165) is 11.1 Å². The second kappa shape index (κ2) is 10.1. The first-order valence-corrected chi connectivity index (χ1v) is 10.7. The Balaban J connectivity index is 1.69. The Morgan fingerprint density at radius 1 is 1.03 bits per heavy atom. The van der Waals surface area contributed by atoms with Crippen LogP contribution in [-0.4, -0.2) is 40.9 Å². The monoisotopic (exact) mass is 446 g/mol. The van der Waals surface area contributed by atoms with Crippen molar-refractivity contribution in [2.45, 2.75) is 19.5 Å². The number of anilines is 1. The average Bonchev–Trinajstić information content (AvgIpc) is 3.20. The molecule has 0 atom stereocenters. The highest BCUT2D eigenvalue weighted by atomic mass is 16.5. The van der Waals surface area contributed by atoms with Crippen molar-refractivity contribution >= 4 is 22.6 Å². The van der Waals surface area contributed by atoms with Gasteiger partial charge in [0.05, 0.1) is 13.4 Å². The number of aromatic nitrogens is 3. The summed E-state index contributed by atoms with van der Waals surface area (Å²) in [6.45, 7) is 1.01. The third-order valence-electron chi connectivity index (χ3n) is 5.36. The Labute approximate surface area is 191 Å². The van der Waals surface area contributed by atoms with Crippen LogP contribution in [0.25, 0.3) is 22.2 Å². The summed E-state index contributed by atoms with van der Waals surface area (Å²) in [7, 11) is 3.22. The van der Waals surface area contributed by atoms with Crippen molar-refractivity contribution in [3.63, 3.8) is 0 Å². The minimum Gasteiger partial charge on any atom is -0.497 e.